The topological polar surface area (TPSA) is 0 Å². The fourth-order valence-electron chi connectivity index (χ4n) is 1.08. The predicted molar refractivity (Wildman–Crippen MR) is 53.0 cm³/mol. The zero-order valence-corrected chi connectivity index (χ0v) is 7.56. The smallest absolute Gasteiger partial charge is 0.00878 e. The van der Waals surface area contributed by atoms with Gasteiger partial charge >= 0.3 is 0 Å². The van der Waals surface area contributed by atoms with Gasteiger partial charge in [0.2, 0.25) is 0 Å². The molecule has 0 aliphatic carbocycles. The summed E-state index contributed by atoms with van der Waals surface area (Å²) in [7, 11) is 0.830. The normalized spacial score (nSPS) is 43.4. The third-order valence-electron chi connectivity index (χ3n) is 1.80. The summed E-state index contributed by atoms with van der Waals surface area (Å²) in [6.07, 6.45) is 2.70. The molecule has 3 atom stereocenters. The van der Waals surface area contributed by atoms with E-state index in [1.807, 2.05) is 0 Å². The largest absolute Gasteiger partial charge is 0.142 e. The third-order valence-corrected chi connectivity index (χ3v) is 7.54. The summed E-state index contributed by atoms with van der Waals surface area (Å²) in [6.45, 7) is 2.26. The van der Waals surface area contributed by atoms with Crippen LogP contribution >= 0.6 is 19.0 Å². The van der Waals surface area contributed by atoms with E-state index in [4.69, 9.17) is 0 Å². The van der Waals surface area contributed by atoms with Gasteiger partial charge in [0.25, 0.3) is 0 Å². The first-order chi connectivity index (χ1) is 4.25. The second kappa shape index (κ2) is 3.02. The molecule has 9 heavy (non-hydrogen) atoms. The molecule has 0 bridgehead atoms. The number of rotatable bonds is 1. The van der Waals surface area contributed by atoms with Gasteiger partial charge in [0.05, 0.1) is 0 Å². The lowest BCUT2D eigenvalue weighted by Crippen LogP contribution is -1.94. The van der Waals surface area contributed by atoms with Crippen LogP contribution in [0.1, 0.15) is 19.8 Å². The molecular formula is C7H14S2. The summed E-state index contributed by atoms with van der Waals surface area (Å²) in [5.41, 5.74) is 0. The molecule has 0 aromatic heterocycles. The van der Waals surface area contributed by atoms with Crippen LogP contribution in [0.25, 0.3) is 0 Å². The van der Waals surface area contributed by atoms with E-state index in [0.717, 1.165) is 5.25 Å². The highest BCUT2D eigenvalue weighted by molar-refractivity contribution is 8.89. The van der Waals surface area contributed by atoms with Crippen molar-refractivity contribution < 1.29 is 0 Å². The molecule has 0 spiro atoms. The minimum atomic E-state index is 0.411. The molecule has 2 heteroatoms. The molecular weight excluding hydrogens is 148 g/mol. The molecule has 0 amide bonds. The lowest BCUT2D eigenvalue weighted by molar-refractivity contribution is 0.811. The summed E-state index contributed by atoms with van der Waals surface area (Å²) >= 11 is 0. The molecule has 0 saturated carbocycles. The summed E-state index contributed by atoms with van der Waals surface area (Å²) in [5, 5.41) is 0.908. The average Bonchev–Trinajstić information content (AvgIpc) is 2.15. The number of hydrogen-bond donors (Lipinski definition) is 0. The summed E-state index contributed by atoms with van der Waals surface area (Å²) in [4.78, 5) is 0. The van der Waals surface area contributed by atoms with Gasteiger partial charge in [0, 0.05) is 5.25 Å². The summed E-state index contributed by atoms with van der Waals surface area (Å²) in [5.74, 6) is 9.58. The standard InChI is InChI=1S/C7H14S2/c1-4-7-5-6-8(2)9(7)3/h7H,2-6H2,1H3. The van der Waals surface area contributed by atoms with Crippen LogP contribution in [0, 0.1) is 0 Å². The zero-order valence-electron chi connectivity index (χ0n) is 5.93. The van der Waals surface area contributed by atoms with E-state index < -0.39 is 0 Å². The highest BCUT2D eigenvalue weighted by Gasteiger charge is 2.17. The van der Waals surface area contributed by atoms with Crippen LogP contribution in [0.4, 0.5) is 0 Å². The lowest BCUT2D eigenvalue weighted by Gasteiger charge is -2.07. The van der Waals surface area contributed by atoms with Crippen molar-refractivity contribution in [2.75, 3.05) is 5.75 Å². The van der Waals surface area contributed by atoms with E-state index in [1.54, 1.807) is 0 Å². The molecule has 0 aromatic rings. The second-order valence-electron chi connectivity index (χ2n) is 2.34. The molecule has 3 unspecified atom stereocenters. The van der Waals surface area contributed by atoms with Crippen molar-refractivity contribution in [2.45, 2.75) is 25.0 Å². The van der Waals surface area contributed by atoms with Gasteiger partial charge in [-0.25, -0.2) is 0 Å². The van der Waals surface area contributed by atoms with Crippen LogP contribution in [0.5, 0.6) is 0 Å². The van der Waals surface area contributed by atoms with Crippen LogP contribution in [-0.2, 0) is 0 Å². The van der Waals surface area contributed by atoms with E-state index >= 15 is 0 Å². The van der Waals surface area contributed by atoms with Crippen LogP contribution < -0.4 is 0 Å². The zero-order chi connectivity index (χ0) is 6.85. The van der Waals surface area contributed by atoms with Gasteiger partial charge < -0.3 is 0 Å². The Morgan fingerprint density at radius 1 is 1.56 bits per heavy atom. The molecule has 1 fully saturated rings. The van der Waals surface area contributed by atoms with Gasteiger partial charge in [-0.15, -0.1) is 19.0 Å². The molecule has 1 heterocycles. The Bertz CT molecular complexity index is 149. The van der Waals surface area contributed by atoms with Gasteiger partial charge in [0.1, 0.15) is 0 Å². The third kappa shape index (κ3) is 1.47. The molecule has 1 rings (SSSR count). The van der Waals surface area contributed by atoms with Crippen molar-refractivity contribution in [3.8, 4) is 0 Å². The Hall–Kier alpha value is 0.440. The maximum atomic E-state index is 4.15. The Labute approximate surface area is 61.9 Å². The molecule has 0 radical (unpaired) electrons. The van der Waals surface area contributed by atoms with Gasteiger partial charge in [-0.1, -0.05) is 18.7 Å². The maximum absolute atomic E-state index is 4.15. The highest BCUT2D eigenvalue weighted by Crippen LogP contribution is 2.48. The van der Waals surface area contributed by atoms with E-state index in [1.165, 1.54) is 18.6 Å². The molecule has 0 nitrogen and oxygen atoms in total. The summed E-state index contributed by atoms with van der Waals surface area (Å²) in [6, 6.07) is 0. The van der Waals surface area contributed by atoms with Gasteiger partial charge in [-0.05, 0) is 18.6 Å². The molecule has 1 aliphatic rings. The first kappa shape index (κ1) is 7.55. The van der Waals surface area contributed by atoms with Crippen molar-refractivity contribution in [3.63, 3.8) is 0 Å². The van der Waals surface area contributed by atoms with Crippen LogP contribution in [0.3, 0.4) is 0 Å². The molecule has 0 aromatic carbocycles. The van der Waals surface area contributed by atoms with Crippen LogP contribution in [-0.4, -0.2) is 22.7 Å². The van der Waals surface area contributed by atoms with E-state index in [9.17, 15) is 0 Å². The van der Waals surface area contributed by atoms with Gasteiger partial charge in [-0.3, -0.25) is 0 Å². The van der Waals surface area contributed by atoms with E-state index in [0.29, 0.717) is 19.0 Å². The monoisotopic (exact) mass is 162 g/mol. The Morgan fingerprint density at radius 3 is 2.44 bits per heavy atom. The van der Waals surface area contributed by atoms with Crippen molar-refractivity contribution in [2.24, 2.45) is 0 Å². The predicted octanol–water partition coefficient (Wildman–Crippen LogP) is 2.49. The molecule has 0 N–H and O–H groups in total. The number of hydrogen-bond acceptors (Lipinski definition) is 0. The Morgan fingerprint density at radius 2 is 2.22 bits per heavy atom. The first-order valence-corrected chi connectivity index (χ1v) is 6.83. The maximum Gasteiger partial charge on any atom is 0.00878 e. The fraction of sp³-hybridized carbons (Fsp3) is 0.714. The minimum Gasteiger partial charge on any atom is -0.142 e. The van der Waals surface area contributed by atoms with Crippen LogP contribution in [0.2, 0.25) is 0 Å². The molecule has 1 saturated heterocycles. The van der Waals surface area contributed by atoms with E-state index in [-0.39, 0.29) is 0 Å². The van der Waals surface area contributed by atoms with Crippen molar-refractivity contribution in [3.05, 3.63) is 0 Å². The SMILES string of the molecule is C=S1CCC(CC)S1=C. The first-order valence-electron chi connectivity index (χ1n) is 3.29. The quantitative estimate of drug-likeness (QED) is 0.410. The van der Waals surface area contributed by atoms with Gasteiger partial charge in [0.15, 0.2) is 0 Å². The Kier molecular flexibility index (Phi) is 2.53. The second-order valence-corrected chi connectivity index (χ2v) is 7.76. The average molecular weight is 162 g/mol. The van der Waals surface area contributed by atoms with Crippen molar-refractivity contribution in [1.29, 1.82) is 0 Å². The molecule has 1 aliphatic heterocycles. The highest BCUT2D eigenvalue weighted by atomic mass is 33.1. The van der Waals surface area contributed by atoms with Crippen molar-refractivity contribution in [1.82, 2.24) is 0 Å². The molecule has 54 valence electrons. The van der Waals surface area contributed by atoms with Crippen molar-refractivity contribution >= 4 is 30.8 Å². The lowest BCUT2D eigenvalue weighted by atomic mass is 10.3. The van der Waals surface area contributed by atoms with E-state index in [2.05, 4.69) is 18.7 Å². The summed E-state index contributed by atoms with van der Waals surface area (Å²) < 4.78 is 0. The fourth-order valence-corrected chi connectivity index (χ4v) is 5.91. The van der Waals surface area contributed by atoms with Crippen LogP contribution in [0.15, 0.2) is 0 Å². The Balaban J connectivity index is 2.62. The minimum absolute atomic E-state index is 0.411. The van der Waals surface area contributed by atoms with Gasteiger partial charge in [-0.2, -0.15) is 0 Å².